The van der Waals surface area contributed by atoms with E-state index in [-0.39, 0.29) is 42.4 Å². The molecule has 4 N–H and O–H groups in total. The van der Waals surface area contributed by atoms with Crippen LogP contribution in [-0.4, -0.2) is 103 Å². The number of fused-ring (bicyclic) bond motifs is 1. The molecular weight excluding hydrogens is 724 g/mol. The van der Waals surface area contributed by atoms with Crippen LogP contribution in [0.5, 0.6) is 0 Å². The van der Waals surface area contributed by atoms with Crippen molar-refractivity contribution < 1.29 is 82.6 Å². The maximum atomic E-state index is 13.0. The third kappa shape index (κ3) is 11.3. The summed E-state index contributed by atoms with van der Waals surface area (Å²) in [4.78, 5) is 48.9. The first kappa shape index (κ1) is 42.9. The van der Waals surface area contributed by atoms with Crippen LogP contribution in [0.4, 0.5) is 0 Å². The number of hydrogen-bond acceptors (Lipinski definition) is 14. The lowest BCUT2D eigenvalue weighted by molar-refractivity contribution is -0.315. The third-order valence-corrected chi connectivity index (χ3v) is 11.8. The molecule has 1 saturated heterocycles. The van der Waals surface area contributed by atoms with Gasteiger partial charge in [-0.05, 0) is 54.3 Å². The molecule has 2 saturated carbocycles. The highest BCUT2D eigenvalue weighted by atomic mass is 32.3. The zero-order chi connectivity index (χ0) is 38.7. The molecule has 0 radical (unpaired) electrons. The van der Waals surface area contributed by atoms with Crippen LogP contribution in [0.3, 0.4) is 0 Å². The first-order valence-electron chi connectivity index (χ1n) is 16.8. The second-order valence-corrected chi connectivity index (χ2v) is 16.8. The third-order valence-electron chi connectivity index (χ3n) is 10.9. The zero-order valence-corrected chi connectivity index (χ0v) is 31.1. The van der Waals surface area contributed by atoms with E-state index in [1.54, 1.807) is 13.8 Å². The van der Waals surface area contributed by atoms with E-state index in [2.05, 4.69) is 25.0 Å². The second kappa shape index (κ2) is 16.7. The Hall–Kier alpha value is -2.46. The minimum atomic E-state index is -5.51. The Bertz CT molecular complexity index is 1500. The van der Waals surface area contributed by atoms with Crippen LogP contribution < -0.4 is 0 Å². The predicted octanol–water partition coefficient (Wildman–Crippen LogP) is 2.80. The van der Waals surface area contributed by atoms with Crippen molar-refractivity contribution in [1.82, 2.24) is 0 Å². The molecule has 1 heterocycles. The molecule has 0 amide bonds. The lowest BCUT2D eigenvalue weighted by atomic mass is 9.46. The van der Waals surface area contributed by atoms with Crippen molar-refractivity contribution in [2.24, 2.45) is 34.5 Å². The van der Waals surface area contributed by atoms with E-state index in [1.807, 2.05) is 6.92 Å². The van der Waals surface area contributed by atoms with Gasteiger partial charge in [0.2, 0.25) is 0 Å². The Labute approximate surface area is 297 Å². The smallest absolute Gasteiger partial charge is 0.397 e. The fraction of sp³-hybridized carbons (Fsp3) is 0.871. The zero-order valence-electron chi connectivity index (χ0n) is 29.5. The van der Waals surface area contributed by atoms with Gasteiger partial charge in [0.15, 0.2) is 18.5 Å². The Morgan fingerprint density at radius 3 is 2.06 bits per heavy atom. The van der Waals surface area contributed by atoms with Crippen LogP contribution in [0.15, 0.2) is 0 Å². The first-order chi connectivity index (χ1) is 23.4. The highest BCUT2D eigenvalue weighted by Crippen LogP contribution is 2.62. The molecule has 3 fully saturated rings. The number of hydrogen-bond donors (Lipinski definition) is 4. The van der Waals surface area contributed by atoms with Gasteiger partial charge < -0.3 is 29.2 Å². The van der Waals surface area contributed by atoms with E-state index in [1.165, 1.54) is 0 Å². The monoisotopic (exact) mass is 774 g/mol. The van der Waals surface area contributed by atoms with Gasteiger partial charge in [-0.3, -0.25) is 28.3 Å². The summed E-state index contributed by atoms with van der Waals surface area (Å²) in [6, 6.07) is 0. The summed E-state index contributed by atoms with van der Waals surface area (Å²) in [6.07, 6.45) is -10.3. The van der Waals surface area contributed by atoms with Crippen molar-refractivity contribution in [1.29, 1.82) is 0 Å². The molecule has 3 aliphatic rings. The number of aliphatic carboxylic acids is 2. The molecule has 0 spiro atoms. The lowest BCUT2D eigenvalue weighted by Crippen LogP contribution is -2.64. The summed E-state index contributed by atoms with van der Waals surface area (Å²) in [5.41, 5.74) is -0.718. The molecule has 20 heteroatoms. The van der Waals surface area contributed by atoms with Crippen molar-refractivity contribution in [2.45, 2.75) is 130 Å². The number of carboxylic acid groups (broad SMARTS) is 2. The van der Waals surface area contributed by atoms with Crippen LogP contribution in [0.25, 0.3) is 0 Å². The summed E-state index contributed by atoms with van der Waals surface area (Å²) in [5, 5.41) is 19.2. The average molecular weight is 775 g/mol. The molecule has 0 aromatic heterocycles. The molecule has 294 valence electrons. The van der Waals surface area contributed by atoms with Gasteiger partial charge in [-0.25, -0.2) is 8.37 Å². The molecule has 18 nitrogen and oxygen atoms in total. The molecule has 0 bridgehead atoms. The summed E-state index contributed by atoms with van der Waals surface area (Å²) >= 11 is 0. The van der Waals surface area contributed by atoms with Gasteiger partial charge in [0, 0.05) is 6.42 Å². The van der Waals surface area contributed by atoms with Gasteiger partial charge in [-0.2, -0.15) is 16.8 Å². The number of carbonyl (C=O) groups excluding carboxylic acids is 2. The summed E-state index contributed by atoms with van der Waals surface area (Å²) in [6.45, 7) is 10.6. The molecule has 11 atom stereocenters. The highest BCUT2D eigenvalue weighted by molar-refractivity contribution is 7.81. The van der Waals surface area contributed by atoms with Crippen LogP contribution in [0.1, 0.15) is 92.9 Å². The Morgan fingerprint density at radius 2 is 1.53 bits per heavy atom. The average Bonchev–Trinajstić information content (AvgIpc) is 2.98. The SMILES string of the molecule is CCC1(C)CCC2C(C(=O)O)CC(O[C@H]3O[C@H](COC(=O)CCC(=O)O)[C@@H](OS(=O)(=O)O)[C@@H](OS(=O)(=O)O)C3OC(=O)CC(C)C)CC2(C)C1C. The summed E-state index contributed by atoms with van der Waals surface area (Å²) < 4.78 is 99.9. The predicted molar refractivity (Wildman–Crippen MR) is 172 cm³/mol. The fourth-order valence-corrected chi connectivity index (χ4v) is 8.97. The van der Waals surface area contributed by atoms with Crippen molar-refractivity contribution in [2.75, 3.05) is 6.61 Å². The standard InChI is InChI=1S/C31H50O18S2/c1-7-30(5)11-10-20-19(28(36)37)13-18(14-31(20,6)17(30)4)45-29-27(47-24(35)12-16(2)3)26(49-51(41,42)43)25(48-50(38,39)40)21(46-29)15-44-23(34)9-8-22(32)33/h16-21,25-27,29H,7-15H2,1-6H3,(H,32,33)(H,36,37)(H,38,39,40)(H,41,42,43)/t17?,18?,19?,20?,21-,25-,26-,27?,29+,30?,31?/m1/s1. The van der Waals surface area contributed by atoms with E-state index in [4.69, 9.17) is 28.2 Å². The molecule has 7 unspecified atom stereocenters. The van der Waals surface area contributed by atoms with Crippen LogP contribution in [-0.2, 0) is 67.3 Å². The van der Waals surface area contributed by atoms with Crippen molar-refractivity contribution in [3.05, 3.63) is 0 Å². The van der Waals surface area contributed by atoms with E-state index >= 15 is 0 Å². The minimum absolute atomic E-state index is 0.00931. The van der Waals surface area contributed by atoms with Crippen LogP contribution >= 0.6 is 0 Å². The van der Waals surface area contributed by atoms with Crippen molar-refractivity contribution >= 4 is 44.7 Å². The maximum Gasteiger partial charge on any atom is 0.397 e. The Balaban J connectivity index is 2.10. The molecular formula is C31H50O18S2. The molecule has 0 aromatic carbocycles. The van der Waals surface area contributed by atoms with E-state index < -0.39 is 112 Å². The lowest BCUT2D eigenvalue weighted by Gasteiger charge is -2.60. The van der Waals surface area contributed by atoms with Crippen LogP contribution in [0, 0.1) is 34.5 Å². The van der Waals surface area contributed by atoms with Crippen molar-refractivity contribution in [3.8, 4) is 0 Å². The molecule has 51 heavy (non-hydrogen) atoms. The number of esters is 2. The number of carbonyl (C=O) groups is 4. The normalized spacial score (nSPS) is 35.8. The molecule has 0 aromatic rings. The summed E-state index contributed by atoms with van der Waals surface area (Å²) in [5.74, 6) is -5.83. The highest BCUT2D eigenvalue weighted by Gasteiger charge is 2.59. The fourth-order valence-electron chi connectivity index (χ4n) is 7.95. The topological polar surface area (TPSA) is 273 Å². The minimum Gasteiger partial charge on any atom is -0.481 e. The van der Waals surface area contributed by atoms with E-state index in [0.29, 0.717) is 6.42 Å². The molecule has 3 rings (SSSR count). The quantitative estimate of drug-likeness (QED) is 0.0997. The van der Waals surface area contributed by atoms with Gasteiger partial charge in [0.25, 0.3) is 0 Å². The van der Waals surface area contributed by atoms with E-state index in [9.17, 15) is 50.2 Å². The number of rotatable bonds is 16. The van der Waals surface area contributed by atoms with E-state index in [0.717, 1.165) is 12.8 Å². The Kier molecular flexibility index (Phi) is 14.1. The van der Waals surface area contributed by atoms with Gasteiger partial charge in [-0.1, -0.05) is 48.0 Å². The van der Waals surface area contributed by atoms with Gasteiger partial charge in [0.1, 0.15) is 18.8 Å². The van der Waals surface area contributed by atoms with Crippen LogP contribution in [0.2, 0.25) is 0 Å². The second-order valence-electron chi connectivity index (χ2n) is 14.7. The number of carboxylic acids is 2. The van der Waals surface area contributed by atoms with Crippen molar-refractivity contribution in [3.63, 3.8) is 0 Å². The largest absolute Gasteiger partial charge is 0.481 e. The number of ether oxygens (including phenoxy) is 4. The first-order valence-corrected chi connectivity index (χ1v) is 19.5. The Morgan fingerprint density at radius 1 is 0.922 bits per heavy atom. The van der Waals surface area contributed by atoms with Gasteiger partial charge in [-0.15, -0.1) is 0 Å². The molecule has 1 aliphatic heterocycles. The molecule has 2 aliphatic carbocycles. The summed E-state index contributed by atoms with van der Waals surface area (Å²) in [7, 11) is -11.0. The maximum absolute atomic E-state index is 13.0. The van der Waals surface area contributed by atoms with Gasteiger partial charge in [0.05, 0.1) is 24.9 Å². The van der Waals surface area contributed by atoms with Gasteiger partial charge >= 0.3 is 44.7 Å².